The van der Waals surface area contributed by atoms with E-state index in [2.05, 4.69) is 27.0 Å². The smallest absolute Gasteiger partial charge is 0.157 e. The highest BCUT2D eigenvalue weighted by Crippen LogP contribution is 2.29. The second kappa shape index (κ2) is 10.1. The molecular weight excluding hydrogens is 459 g/mol. The number of nitrogen functional groups attached to an aromatic ring is 1. The van der Waals surface area contributed by atoms with Crippen LogP contribution in [0.2, 0.25) is 0 Å². The summed E-state index contributed by atoms with van der Waals surface area (Å²) >= 11 is 0. The summed E-state index contributed by atoms with van der Waals surface area (Å²) in [5.41, 5.74) is 9.47. The first-order valence-electron chi connectivity index (χ1n) is 12.1. The second-order valence-corrected chi connectivity index (χ2v) is 9.45. The average molecular weight is 493 g/mol. The fourth-order valence-electron chi connectivity index (χ4n) is 4.55. The summed E-state index contributed by atoms with van der Waals surface area (Å²) in [6.07, 6.45) is 5.93. The van der Waals surface area contributed by atoms with Crippen LogP contribution in [-0.4, -0.2) is 39.6 Å². The van der Waals surface area contributed by atoms with Crippen LogP contribution in [0.1, 0.15) is 57.0 Å². The number of anilines is 1. The molecule has 4 N–H and O–H groups in total. The lowest BCUT2D eigenvalue weighted by Crippen LogP contribution is -2.17. The molecule has 0 aliphatic rings. The minimum absolute atomic E-state index is 0.353. The molecule has 0 radical (unpaired) electrons. The average Bonchev–Trinajstić information content (AvgIpc) is 3.31. The number of nitrogens with two attached hydrogens (primary N) is 1. The van der Waals surface area contributed by atoms with Crippen molar-refractivity contribution in [2.45, 2.75) is 66.0 Å². The topological polar surface area (TPSA) is 123 Å². The number of nitrogens with zero attached hydrogens (tertiary/aromatic N) is 6. The van der Waals surface area contributed by atoms with E-state index in [9.17, 15) is 9.50 Å². The maximum absolute atomic E-state index is 13.5. The first kappa shape index (κ1) is 25.3. The highest BCUT2D eigenvalue weighted by molar-refractivity contribution is 5.89. The number of unbranched alkanes of at least 4 members (excludes halogenated alkanes) is 2. The zero-order valence-corrected chi connectivity index (χ0v) is 21.4. The van der Waals surface area contributed by atoms with Gasteiger partial charge in [-0.25, -0.2) is 18.7 Å². The normalized spacial score (nSPS) is 11.8. The third kappa shape index (κ3) is 5.08. The van der Waals surface area contributed by atoms with Crippen LogP contribution < -0.4 is 5.73 Å². The van der Waals surface area contributed by atoms with Gasteiger partial charge in [0.1, 0.15) is 23.0 Å². The lowest BCUT2D eigenvalue weighted by Gasteiger charge is -2.17. The van der Waals surface area contributed by atoms with Crippen LogP contribution in [0.15, 0.2) is 36.7 Å². The van der Waals surface area contributed by atoms with E-state index in [1.54, 1.807) is 36.9 Å². The van der Waals surface area contributed by atoms with Gasteiger partial charge in [-0.1, -0.05) is 19.8 Å². The monoisotopic (exact) mass is 492 g/mol. The number of H-pyrrole nitrogens is 1. The van der Waals surface area contributed by atoms with Gasteiger partial charge < -0.3 is 15.8 Å². The summed E-state index contributed by atoms with van der Waals surface area (Å²) in [5.74, 6) is 0.432. The third-order valence-electron chi connectivity index (χ3n) is 6.05. The number of aromatic amines is 1. The molecule has 4 aromatic rings. The summed E-state index contributed by atoms with van der Waals surface area (Å²) in [7, 11) is 0. The number of halogens is 1. The van der Waals surface area contributed by atoms with Gasteiger partial charge in [-0.3, -0.25) is 4.98 Å². The number of aromatic nitrogens is 7. The first-order chi connectivity index (χ1) is 17.1. The Kier molecular flexibility index (Phi) is 7.07. The van der Waals surface area contributed by atoms with Gasteiger partial charge in [0.25, 0.3) is 0 Å². The molecule has 0 saturated heterocycles. The Bertz CT molecular complexity index is 1430. The molecule has 0 amide bonds. The van der Waals surface area contributed by atoms with Gasteiger partial charge in [0.15, 0.2) is 5.82 Å². The molecule has 0 fully saturated rings. The molecule has 190 valence electrons. The molecule has 4 aromatic heterocycles. The standard InChI is InChI=1S/C26H33FN8O/c1-6-7-8-13-34-25-19(24(33-34)20-10-9-18(27)15-30-20)11-12-29-22(14-21(28)31-25)35-17(3)23(16(2)32-35)26(4,5)36/h9-12,14-15,31,36H,6-8,13,28H2,1-5H3. The predicted octanol–water partition coefficient (Wildman–Crippen LogP) is 4.89. The van der Waals surface area contributed by atoms with Crippen molar-refractivity contribution in [2.75, 3.05) is 5.73 Å². The van der Waals surface area contributed by atoms with Crippen LogP contribution >= 0.6 is 0 Å². The summed E-state index contributed by atoms with van der Waals surface area (Å²) < 4.78 is 17.1. The molecule has 0 saturated carbocycles. The van der Waals surface area contributed by atoms with E-state index in [1.807, 2.05) is 24.6 Å². The van der Waals surface area contributed by atoms with Crippen LogP contribution in [0.3, 0.4) is 0 Å². The number of aliphatic hydroxyl groups is 1. The number of nitrogens with one attached hydrogen (secondary N) is 1. The number of fused-ring (bicyclic) bond motifs is 1. The zero-order valence-electron chi connectivity index (χ0n) is 21.4. The summed E-state index contributed by atoms with van der Waals surface area (Å²) in [5, 5.41) is 20.8. The Morgan fingerprint density at radius 3 is 2.53 bits per heavy atom. The fraction of sp³-hybridized carbons (Fsp3) is 0.385. The summed E-state index contributed by atoms with van der Waals surface area (Å²) in [6, 6.07) is 6.51. The van der Waals surface area contributed by atoms with Gasteiger partial charge in [0, 0.05) is 35.5 Å². The van der Waals surface area contributed by atoms with Crippen LogP contribution in [0.5, 0.6) is 0 Å². The number of aryl methyl sites for hydroxylation is 2. The van der Waals surface area contributed by atoms with Gasteiger partial charge in [-0.15, -0.1) is 0 Å². The molecule has 4 rings (SSSR count). The number of hydrogen-bond acceptors (Lipinski definition) is 6. The molecule has 36 heavy (non-hydrogen) atoms. The Labute approximate surface area is 209 Å². The van der Waals surface area contributed by atoms with Crippen molar-refractivity contribution < 1.29 is 9.50 Å². The molecule has 0 unspecified atom stereocenters. The van der Waals surface area contributed by atoms with E-state index < -0.39 is 11.4 Å². The Morgan fingerprint density at radius 2 is 1.89 bits per heavy atom. The van der Waals surface area contributed by atoms with E-state index in [1.165, 1.54) is 12.3 Å². The van der Waals surface area contributed by atoms with Gasteiger partial charge >= 0.3 is 0 Å². The van der Waals surface area contributed by atoms with Gasteiger partial charge in [0.05, 0.1) is 23.2 Å². The predicted molar refractivity (Wildman–Crippen MR) is 138 cm³/mol. The van der Waals surface area contributed by atoms with Crippen molar-refractivity contribution >= 4 is 16.9 Å². The summed E-state index contributed by atoms with van der Waals surface area (Å²) in [4.78, 5) is 12.2. The summed E-state index contributed by atoms with van der Waals surface area (Å²) in [6.45, 7) is 10.0. The Morgan fingerprint density at radius 1 is 1.11 bits per heavy atom. The van der Waals surface area contributed by atoms with Gasteiger partial charge in [0.2, 0.25) is 0 Å². The van der Waals surface area contributed by atoms with E-state index >= 15 is 0 Å². The molecule has 0 spiro atoms. The lowest BCUT2D eigenvalue weighted by atomic mass is 9.96. The molecule has 0 aromatic carbocycles. The molecule has 0 bridgehead atoms. The van der Waals surface area contributed by atoms with Crippen LogP contribution in [0.25, 0.3) is 28.2 Å². The van der Waals surface area contributed by atoms with Crippen LogP contribution in [0, 0.1) is 19.7 Å². The van der Waals surface area contributed by atoms with Crippen molar-refractivity contribution in [2.24, 2.45) is 0 Å². The molecule has 4 heterocycles. The molecule has 0 aliphatic heterocycles. The molecule has 9 nitrogen and oxygen atoms in total. The molecule has 10 heteroatoms. The van der Waals surface area contributed by atoms with Gasteiger partial charge in [-0.2, -0.15) is 10.2 Å². The van der Waals surface area contributed by atoms with Crippen LogP contribution in [0.4, 0.5) is 10.2 Å². The van der Waals surface area contributed by atoms with Crippen molar-refractivity contribution in [3.63, 3.8) is 0 Å². The van der Waals surface area contributed by atoms with E-state index in [-0.39, 0.29) is 0 Å². The van der Waals surface area contributed by atoms with Crippen LogP contribution in [-0.2, 0) is 12.1 Å². The van der Waals surface area contributed by atoms with Crippen molar-refractivity contribution in [1.29, 1.82) is 0 Å². The largest absolute Gasteiger partial charge is 0.386 e. The van der Waals surface area contributed by atoms with Crippen molar-refractivity contribution in [3.8, 4) is 17.2 Å². The maximum Gasteiger partial charge on any atom is 0.157 e. The quantitative estimate of drug-likeness (QED) is 0.316. The zero-order chi connectivity index (χ0) is 26.0. The maximum atomic E-state index is 13.5. The third-order valence-corrected chi connectivity index (χ3v) is 6.05. The fourth-order valence-corrected chi connectivity index (χ4v) is 4.55. The highest BCUT2D eigenvalue weighted by Gasteiger charge is 2.26. The molecule has 0 atom stereocenters. The Hall–Kier alpha value is -3.79. The number of pyridine rings is 1. The van der Waals surface area contributed by atoms with E-state index in [0.717, 1.165) is 35.9 Å². The van der Waals surface area contributed by atoms with E-state index in [4.69, 9.17) is 10.8 Å². The second-order valence-electron chi connectivity index (χ2n) is 9.45. The highest BCUT2D eigenvalue weighted by atomic mass is 19.1. The van der Waals surface area contributed by atoms with Crippen molar-refractivity contribution in [3.05, 3.63) is 59.4 Å². The minimum atomic E-state index is -1.05. The lowest BCUT2D eigenvalue weighted by molar-refractivity contribution is 0.0772. The van der Waals surface area contributed by atoms with Crippen molar-refractivity contribution in [1.82, 2.24) is 34.5 Å². The SMILES string of the molecule is CCCCCn1nc(-c2ccc(F)cn2)c2ccnc(-n3nc(C)c(C(C)(C)O)c3C)cc(N)[nH]c21. The minimum Gasteiger partial charge on any atom is -0.386 e. The van der Waals surface area contributed by atoms with E-state index in [0.29, 0.717) is 40.9 Å². The molecule has 0 aliphatic carbocycles. The number of rotatable bonds is 7. The Balaban J connectivity index is 1.94. The van der Waals surface area contributed by atoms with Gasteiger partial charge in [-0.05, 0) is 52.3 Å². The molecular formula is C26H33FN8O. The first-order valence-corrected chi connectivity index (χ1v) is 12.1. The number of hydrogen-bond donors (Lipinski definition) is 3.